The fraction of sp³-hybridized carbons (Fsp3) is 0.600. The molecule has 6 heteroatoms. The van der Waals surface area contributed by atoms with E-state index in [4.69, 9.17) is 5.11 Å². The van der Waals surface area contributed by atoms with Crippen LogP contribution in [0.3, 0.4) is 0 Å². The number of carboxylic acid groups (broad SMARTS) is 1. The maximum Gasteiger partial charge on any atom is 0.312 e. The Kier molecular flexibility index (Phi) is 3.11. The van der Waals surface area contributed by atoms with Crippen molar-refractivity contribution in [3.8, 4) is 0 Å². The molecule has 5 nitrogen and oxygen atoms in total. The molecule has 16 heavy (non-hydrogen) atoms. The maximum atomic E-state index is 11.1. The first-order chi connectivity index (χ1) is 7.58. The largest absolute Gasteiger partial charge is 0.481 e. The van der Waals surface area contributed by atoms with E-state index < -0.39 is 11.9 Å². The molecule has 1 aromatic rings. The number of thiazole rings is 1. The lowest BCUT2D eigenvalue weighted by Crippen LogP contribution is -2.20. The van der Waals surface area contributed by atoms with E-state index >= 15 is 0 Å². The fourth-order valence-electron chi connectivity index (χ4n) is 1.90. The Balaban J connectivity index is 2.27. The molecular weight excluding hydrogens is 226 g/mol. The summed E-state index contributed by atoms with van der Waals surface area (Å²) in [5.41, 5.74) is 3.83. The normalized spacial score (nSPS) is 19.6. The van der Waals surface area contributed by atoms with Crippen molar-refractivity contribution in [3.63, 3.8) is 0 Å². The standard InChI is InChI=1S/C10H15N3O2S/c1-13(2)12-10-11-8-6(9(14)15)4-3-5-7(8)16-10/h6H,3-5H2,1-2H3,(H,11,12)(H,14,15). The van der Waals surface area contributed by atoms with Crippen molar-refractivity contribution >= 4 is 22.4 Å². The number of nitrogens with one attached hydrogen (secondary N) is 1. The van der Waals surface area contributed by atoms with Gasteiger partial charge in [-0.25, -0.2) is 9.99 Å². The molecule has 0 saturated heterocycles. The molecule has 0 bridgehead atoms. The number of hydrogen-bond acceptors (Lipinski definition) is 5. The van der Waals surface area contributed by atoms with Gasteiger partial charge in [0.05, 0.1) is 5.69 Å². The highest BCUT2D eigenvalue weighted by Gasteiger charge is 2.29. The lowest BCUT2D eigenvalue weighted by molar-refractivity contribution is -0.139. The summed E-state index contributed by atoms with van der Waals surface area (Å²) in [5, 5.41) is 11.7. The minimum atomic E-state index is -0.761. The molecule has 88 valence electrons. The van der Waals surface area contributed by atoms with Crippen molar-refractivity contribution in [2.75, 3.05) is 19.5 Å². The van der Waals surface area contributed by atoms with Gasteiger partial charge in [-0.2, -0.15) is 0 Å². The molecular formula is C10H15N3O2S. The highest BCUT2D eigenvalue weighted by Crippen LogP contribution is 2.36. The number of hydrazine groups is 1. The van der Waals surface area contributed by atoms with Crippen LogP contribution < -0.4 is 5.43 Å². The first-order valence-electron chi connectivity index (χ1n) is 5.24. The van der Waals surface area contributed by atoms with E-state index in [0.717, 1.165) is 28.5 Å². The molecule has 0 aliphatic heterocycles. The Morgan fingerprint density at radius 2 is 2.38 bits per heavy atom. The van der Waals surface area contributed by atoms with Gasteiger partial charge in [0.25, 0.3) is 0 Å². The van der Waals surface area contributed by atoms with Crippen LogP contribution in [0.4, 0.5) is 5.13 Å². The van der Waals surface area contributed by atoms with E-state index in [1.54, 1.807) is 16.3 Å². The number of rotatable bonds is 3. The van der Waals surface area contributed by atoms with E-state index in [9.17, 15) is 4.79 Å². The number of hydrogen-bond donors (Lipinski definition) is 2. The molecule has 0 fully saturated rings. The highest BCUT2D eigenvalue weighted by atomic mass is 32.1. The van der Waals surface area contributed by atoms with Gasteiger partial charge in [0.1, 0.15) is 5.92 Å². The second kappa shape index (κ2) is 4.39. The van der Waals surface area contributed by atoms with Gasteiger partial charge in [-0.05, 0) is 19.3 Å². The Bertz CT molecular complexity index is 403. The van der Waals surface area contributed by atoms with Gasteiger partial charge in [-0.15, -0.1) is 11.3 Å². The third kappa shape index (κ3) is 2.17. The predicted octanol–water partition coefficient (Wildman–Crippen LogP) is 1.54. The second-order valence-corrected chi connectivity index (χ2v) is 5.20. The van der Waals surface area contributed by atoms with E-state index in [1.807, 2.05) is 14.1 Å². The lowest BCUT2D eigenvalue weighted by atomic mass is 9.91. The van der Waals surface area contributed by atoms with Gasteiger partial charge in [0, 0.05) is 19.0 Å². The first-order valence-corrected chi connectivity index (χ1v) is 6.06. The summed E-state index contributed by atoms with van der Waals surface area (Å²) >= 11 is 1.56. The summed E-state index contributed by atoms with van der Waals surface area (Å²) in [4.78, 5) is 16.6. The number of aliphatic carboxylic acids is 1. The predicted molar refractivity (Wildman–Crippen MR) is 62.7 cm³/mol. The van der Waals surface area contributed by atoms with Crippen LogP contribution in [0.1, 0.15) is 29.3 Å². The van der Waals surface area contributed by atoms with Crippen LogP contribution in [0.25, 0.3) is 0 Å². The maximum absolute atomic E-state index is 11.1. The SMILES string of the molecule is CN(C)Nc1nc2c(s1)CCCC2C(=O)O. The third-order valence-corrected chi connectivity index (χ3v) is 3.61. The van der Waals surface area contributed by atoms with E-state index in [2.05, 4.69) is 10.4 Å². The average molecular weight is 241 g/mol. The average Bonchev–Trinajstić information content (AvgIpc) is 2.57. The number of aryl methyl sites for hydroxylation is 1. The number of fused-ring (bicyclic) bond motifs is 1. The molecule has 0 radical (unpaired) electrons. The van der Waals surface area contributed by atoms with Gasteiger partial charge in [0.15, 0.2) is 5.13 Å². The molecule has 0 amide bonds. The van der Waals surface area contributed by atoms with Crippen molar-refractivity contribution in [2.45, 2.75) is 25.2 Å². The van der Waals surface area contributed by atoms with Crippen molar-refractivity contribution in [1.29, 1.82) is 0 Å². The van der Waals surface area contributed by atoms with Crippen molar-refractivity contribution in [2.24, 2.45) is 0 Å². The summed E-state index contributed by atoms with van der Waals surface area (Å²) in [6.07, 6.45) is 2.59. The number of anilines is 1. The van der Waals surface area contributed by atoms with Crippen LogP contribution in [0.2, 0.25) is 0 Å². The number of carbonyl (C=O) groups is 1. The zero-order chi connectivity index (χ0) is 11.7. The minimum Gasteiger partial charge on any atom is -0.481 e. The van der Waals surface area contributed by atoms with Crippen molar-refractivity contribution in [1.82, 2.24) is 9.99 Å². The van der Waals surface area contributed by atoms with Crippen LogP contribution in [-0.2, 0) is 11.2 Å². The molecule has 0 aromatic carbocycles. The minimum absolute atomic E-state index is 0.419. The first kappa shape index (κ1) is 11.3. The molecule has 1 unspecified atom stereocenters. The van der Waals surface area contributed by atoms with Crippen LogP contribution in [0.15, 0.2) is 0 Å². The molecule has 1 aliphatic rings. The molecule has 1 aliphatic carbocycles. The lowest BCUT2D eigenvalue weighted by Gasteiger charge is -2.16. The van der Waals surface area contributed by atoms with E-state index in [-0.39, 0.29) is 0 Å². The third-order valence-electron chi connectivity index (χ3n) is 2.57. The summed E-state index contributed by atoms with van der Waals surface area (Å²) in [7, 11) is 3.77. The van der Waals surface area contributed by atoms with Gasteiger partial charge in [-0.3, -0.25) is 10.2 Å². The van der Waals surface area contributed by atoms with Crippen molar-refractivity contribution < 1.29 is 9.90 Å². The molecule has 0 spiro atoms. The fourth-order valence-corrected chi connectivity index (χ4v) is 3.04. The van der Waals surface area contributed by atoms with E-state index in [1.165, 1.54) is 0 Å². The molecule has 2 rings (SSSR count). The number of nitrogens with zero attached hydrogens (tertiary/aromatic N) is 2. The monoisotopic (exact) mass is 241 g/mol. The smallest absolute Gasteiger partial charge is 0.312 e. The van der Waals surface area contributed by atoms with Crippen LogP contribution in [0, 0.1) is 0 Å². The Morgan fingerprint density at radius 3 is 3.00 bits per heavy atom. The Labute approximate surface area is 98.1 Å². The zero-order valence-electron chi connectivity index (χ0n) is 9.36. The van der Waals surface area contributed by atoms with Crippen LogP contribution in [0.5, 0.6) is 0 Å². The van der Waals surface area contributed by atoms with Crippen molar-refractivity contribution in [3.05, 3.63) is 10.6 Å². The highest BCUT2D eigenvalue weighted by molar-refractivity contribution is 7.15. The zero-order valence-corrected chi connectivity index (χ0v) is 10.2. The molecule has 1 aromatic heterocycles. The van der Waals surface area contributed by atoms with Crippen LogP contribution in [-0.4, -0.2) is 35.2 Å². The summed E-state index contributed by atoms with van der Waals surface area (Å²) < 4.78 is 0. The molecule has 1 atom stereocenters. The summed E-state index contributed by atoms with van der Waals surface area (Å²) in [6, 6.07) is 0. The van der Waals surface area contributed by atoms with Gasteiger partial charge in [-0.1, -0.05) is 0 Å². The quantitative estimate of drug-likeness (QED) is 0.786. The van der Waals surface area contributed by atoms with E-state index in [0.29, 0.717) is 6.42 Å². The van der Waals surface area contributed by atoms with Crippen LogP contribution >= 0.6 is 11.3 Å². The number of aromatic nitrogens is 1. The number of carboxylic acids is 1. The molecule has 0 saturated carbocycles. The summed E-state index contributed by atoms with van der Waals surface area (Å²) in [6.45, 7) is 0. The Morgan fingerprint density at radius 1 is 1.62 bits per heavy atom. The van der Waals surface area contributed by atoms with Gasteiger partial charge < -0.3 is 5.11 Å². The topological polar surface area (TPSA) is 65.5 Å². The second-order valence-electron chi connectivity index (χ2n) is 4.12. The molecule has 1 heterocycles. The van der Waals surface area contributed by atoms with Gasteiger partial charge >= 0.3 is 5.97 Å². The summed E-state index contributed by atoms with van der Waals surface area (Å²) in [5.74, 6) is -1.18. The molecule has 2 N–H and O–H groups in total. The Hall–Kier alpha value is -1.14. The van der Waals surface area contributed by atoms with Gasteiger partial charge in [0.2, 0.25) is 0 Å².